The van der Waals surface area contributed by atoms with Crippen LogP contribution in [-0.4, -0.2) is 25.4 Å². The molecule has 4 nitrogen and oxygen atoms in total. The lowest BCUT2D eigenvalue weighted by Crippen LogP contribution is -2.57. The maximum absolute atomic E-state index is 12.4. The lowest BCUT2D eigenvalue weighted by Gasteiger charge is -2.55. The molecule has 1 amide bonds. The Labute approximate surface area is 185 Å². The number of nitrogens with one attached hydrogen (secondary N) is 1. The van der Waals surface area contributed by atoms with Gasteiger partial charge in [-0.2, -0.15) is 0 Å². The monoisotopic (exact) mass is 419 g/mol. The molecule has 1 fully saturated rings. The van der Waals surface area contributed by atoms with E-state index in [2.05, 4.69) is 62.5 Å². The van der Waals surface area contributed by atoms with Crippen molar-refractivity contribution >= 4 is 11.8 Å². The van der Waals surface area contributed by atoms with Crippen molar-refractivity contribution in [2.24, 2.45) is 23.2 Å². The van der Waals surface area contributed by atoms with Crippen LogP contribution in [0.4, 0.5) is 10.5 Å². The zero-order chi connectivity index (χ0) is 21.8. The number of carbonyl (C=O) groups is 1. The van der Waals surface area contributed by atoms with Gasteiger partial charge in [0.05, 0.1) is 12.7 Å². The van der Waals surface area contributed by atoms with E-state index in [0.29, 0.717) is 31.0 Å². The number of aryl methyl sites for hydroxylation is 1. The number of para-hydroxylation sites is 1. The van der Waals surface area contributed by atoms with Gasteiger partial charge in [0.25, 0.3) is 0 Å². The fourth-order valence-electron chi connectivity index (χ4n) is 5.48. The van der Waals surface area contributed by atoms with Crippen LogP contribution in [0.2, 0.25) is 0 Å². The van der Waals surface area contributed by atoms with E-state index < -0.39 is 6.09 Å². The summed E-state index contributed by atoms with van der Waals surface area (Å²) < 4.78 is 12.2. The largest absolute Gasteiger partial charge is 0.449 e. The van der Waals surface area contributed by atoms with E-state index in [0.717, 1.165) is 18.5 Å². The average Bonchev–Trinajstić information content (AvgIpc) is 2.77. The number of ether oxygens (including phenoxy) is 2. The first-order valence-corrected chi connectivity index (χ1v) is 11.3. The Balaban J connectivity index is 1.43. The van der Waals surface area contributed by atoms with E-state index in [4.69, 9.17) is 9.47 Å². The van der Waals surface area contributed by atoms with Gasteiger partial charge in [-0.3, -0.25) is 5.32 Å². The van der Waals surface area contributed by atoms with Gasteiger partial charge in [0.2, 0.25) is 0 Å². The Kier molecular flexibility index (Phi) is 6.47. The highest BCUT2D eigenvalue weighted by molar-refractivity contribution is 5.84. The Morgan fingerprint density at radius 2 is 1.77 bits per heavy atom. The minimum atomic E-state index is -0.408. The van der Waals surface area contributed by atoms with Gasteiger partial charge in [0, 0.05) is 17.0 Å². The first-order valence-electron chi connectivity index (χ1n) is 11.3. The first-order chi connectivity index (χ1) is 15.0. The van der Waals surface area contributed by atoms with Crippen LogP contribution in [0, 0.1) is 23.2 Å². The van der Waals surface area contributed by atoms with E-state index in [-0.39, 0.29) is 11.5 Å². The minimum absolute atomic E-state index is 0.193. The van der Waals surface area contributed by atoms with Crippen molar-refractivity contribution in [2.75, 3.05) is 18.5 Å². The van der Waals surface area contributed by atoms with Gasteiger partial charge >= 0.3 is 6.09 Å². The highest BCUT2D eigenvalue weighted by Gasteiger charge is 2.54. The summed E-state index contributed by atoms with van der Waals surface area (Å²) in [6.45, 7) is 7.75. The van der Waals surface area contributed by atoms with Crippen LogP contribution in [0.1, 0.15) is 32.8 Å². The van der Waals surface area contributed by atoms with Gasteiger partial charge in [0.15, 0.2) is 0 Å². The van der Waals surface area contributed by atoms with E-state index in [1.807, 2.05) is 30.3 Å². The summed E-state index contributed by atoms with van der Waals surface area (Å²) in [6, 6.07) is 20.0. The van der Waals surface area contributed by atoms with Gasteiger partial charge in [-0.15, -0.1) is 0 Å². The summed E-state index contributed by atoms with van der Waals surface area (Å²) in [5.74, 6) is 1.03. The predicted molar refractivity (Wildman–Crippen MR) is 124 cm³/mol. The van der Waals surface area contributed by atoms with Crippen molar-refractivity contribution in [3.63, 3.8) is 0 Å². The second kappa shape index (κ2) is 9.27. The molecule has 1 aliphatic heterocycles. The number of benzene rings is 2. The molecule has 4 rings (SSSR count). The highest BCUT2D eigenvalue weighted by atomic mass is 16.6. The van der Waals surface area contributed by atoms with Crippen molar-refractivity contribution in [1.82, 2.24) is 0 Å². The summed E-state index contributed by atoms with van der Waals surface area (Å²) in [5.41, 5.74) is 3.30. The van der Waals surface area contributed by atoms with Crippen molar-refractivity contribution in [1.29, 1.82) is 0 Å². The lowest BCUT2D eigenvalue weighted by atomic mass is 9.56. The molecule has 2 bridgehead atoms. The summed E-state index contributed by atoms with van der Waals surface area (Å²) >= 11 is 0. The third kappa shape index (κ3) is 4.54. The average molecular weight is 420 g/mol. The molecule has 31 heavy (non-hydrogen) atoms. The van der Waals surface area contributed by atoms with Crippen molar-refractivity contribution in [3.8, 4) is 0 Å². The fourth-order valence-corrected chi connectivity index (χ4v) is 5.48. The highest BCUT2D eigenvalue weighted by Crippen LogP contribution is 2.53. The summed E-state index contributed by atoms with van der Waals surface area (Å²) in [7, 11) is 0. The molecule has 1 heterocycles. The molecule has 0 spiro atoms. The number of hydrogen-bond donors (Lipinski definition) is 1. The molecular weight excluding hydrogens is 386 g/mol. The van der Waals surface area contributed by atoms with Gasteiger partial charge < -0.3 is 9.47 Å². The first kappa shape index (κ1) is 21.6. The second-order valence-electron chi connectivity index (χ2n) is 9.19. The molecule has 1 aliphatic carbocycles. The van der Waals surface area contributed by atoms with E-state index in [1.54, 1.807) is 0 Å². The van der Waals surface area contributed by atoms with Crippen LogP contribution in [-0.2, 0) is 15.9 Å². The number of allylic oxidation sites excluding steroid dienone is 1. The molecule has 1 N–H and O–H groups in total. The molecule has 164 valence electrons. The Morgan fingerprint density at radius 1 is 1.10 bits per heavy atom. The Hall–Kier alpha value is -2.59. The van der Waals surface area contributed by atoms with Crippen LogP contribution < -0.4 is 5.32 Å². The predicted octanol–water partition coefficient (Wildman–Crippen LogP) is 6.10. The number of rotatable bonds is 6. The zero-order valence-electron chi connectivity index (χ0n) is 18.7. The van der Waals surface area contributed by atoms with E-state index in [1.165, 1.54) is 11.1 Å². The molecule has 0 saturated carbocycles. The number of fused-ring (bicyclic) bond motifs is 2. The maximum Gasteiger partial charge on any atom is 0.411 e. The molecule has 0 radical (unpaired) electrons. The third-order valence-corrected chi connectivity index (χ3v) is 7.41. The second-order valence-corrected chi connectivity index (χ2v) is 9.19. The minimum Gasteiger partial charge on any atom is -0.449 e. The van der Waals surface area contributed by atoms with Crippen molar-refractivity contribution < 1.29 is 14.3 Å². The van der Waals surface area contributed by atoms with Gasteiger partial charge in [-0.05, 0) is 49.3 Å². The molecule has 0 aromatic heterocycles. The van der Waals surface area contributed by atoms with Crippen LogP contribution in [0.5, 0.6) is 0 Å². The summed E-state index contributed by atoms with van der Waals surface area (Å²) in [4.78, 5) is 12.4. The topological polar surface area (TPSA) is 47.6 Å². The quantitative estimate of drug-likeness (QED) is 0.575. The molecular formula is C27H33NO3. The van der Waals surface area contributed by atoms with Crippen LogP contribution in [0.15, 0.2) is 72.3 Å². The Bertz CT molecular complexity index is 911. The van der Waals surface area contributed by atoms with E-state index >= 15 is 0 Å². The van der Waals surface area contributed by atoms with Crippen molar-refractivity contribution in [2.45, 2.75) is 39.7 Å². The molecule has 5 atom stereocenters. The van der Waals surface area contributed by atoms with Gasteiger partial charge in [-0.1, -0.05) is 74.0 Å². The molecule has 1 saturated heterocycles. The number of anilines is 1. The summed E-state index contributed by atoms with van der Waals surface area (Å²) in [5, 5.41) is 2.82. The molecule has 2 aromatic rings. The molecule has 2 aromatic carbocycles. The maximum atomic E-state index is 12.4. The normalized spacial score (nSPS) is 29.7. The molecule has 2 aliphatic rings. The van der Waals surface area contributed by atoms with Crippen LogP contribution in [0.25, 0.3) is 0 Å². The van der Waals surface area contributed by atoms with Crippen LogP contribution >= 0.6 is 0 Å². The number of hydrogen-bond acceptors (Lipinski definition) is 3. The Morgan fingerprint density at radius 3 is 2.48 bits per heavy atom. The number of amides is 1. The van der Waals surface area contributed by atoms with Crippen LogP contribution in [0.3, 0.4) is 0 Å². The van der Waals surface area contributed by atoms with Gasteiger partial charge in [0.1, 0.15) is 6.61 Å². The van der Waals surface area contributed by atoms with E-state index in [9.17, 15) is 4.79 Å². The smallest absolute Gasteiger partial charge is 0.411 e. The molecule has 4 heteroatoms. The lowest BCUT2D eigenvalue weighted by molar-refractivity contribution is -0.164. The SMILES string of the molecule is CC1=C[C@@H](C)[C@]2(COC(=O)Nc3ccccc3)CO[C@H](CCc3ccccc3)[C@@H]1[C@@H]2C. The number of carbonyl (C=O) groups excluding carboxylic acids is 1. The molecule has 0 unspecified atom stereocenters. The zero-order valence-corrected chi connectivity index (χ0v) is 18.7. The third-order valence-electron chi connectivity index (χ3n) is 7.41. The van der Waals surface area contributed by atoms with Crippen molar-refractivity contribution in [3.05, 3.63) is 77.9 Å². The fraction of sp³-hybridized carbons (Fsp3) is 0.444. The summed E-state index contributed by atoms with van der Waals surface area (Å²) in [6.07, 6.45) is 4.19. The van der Waals surface area contributed by atoms with Gasteiger partial charge in [-0.25, -0.2) is 4.79 Å². The standard InChI is InChI=1S/C27H33NO3/c1-19-16-20(2)27(18-31-26(29)28-23-12-8-5-9-13-23)17-30-24(25(19)21(27)3)15-14-22-10-6-4-7-11-22/h4-13,16,20-21,24-25H,14-15,17-18H2,1-3H3,(H,28,29)/t20-,21+,24-,25+,27-/m1/s1.